The van der Waals surface area contributed by atoms with Crippen molar-refractivity contribution in [1.82, 2.24) is 10.9 Å². The second kappa shape index (κ2) is 8.15. The molecule has 2 amide bonds. The highest BCUT2D eigenvalue weighted by Crippen LogP contribution is 2.15. The maximum absolute atomic E-state index is 11.9. The van der Waals surface area contributed by atoms with Crippen molar-refractivity contribution in [1.29, 1.82) is 0 Å². The van der Waals surface area contributed by atoms with Gasteiger partial charge in [-0.15, -0.1) is 0 Å². The SMILES string of the molecule is CCc1ccc(C(=O)NNC(=O)/C=C/c2ccccc2Cl)cc1. The van der Waals surface area contributed by atoms with Gasteiger partial charge in [0.15, 0.2) is 0 Å². The Morgan fingerprint density at radius 3 is 2.39 bits per heavy atom. The zero-order valence-corrected chi connectivity index (χ0v) is 13.4. The second-order valence-corrected chi connectivity index (χ2v) is 5.26. The topological polar surface area (TPSA) is 58.2 Å². The Hall–Kier alpha value is -2.59. The first kappa shape index (κ1) is 16.8. The van der Waals surface area contributed by atoms with E-state index in [2.05, 4.69) is 10.9 Å². The minimum atomic E-state index is -0.441. The molecule has 0 fully saturated rings. The highest BCUT2D eigenvalue weighted by Gasteiger charge is 2.05. The Morgan fingerprint density at radius 1 is 1.04 bits per heavy atom. The van der Waals surface area contributed by atoms with Crippen LogP contribution in [-0.2, 0) is 11.2 Å². The van der Waals surface area contributed by atoms with E-state index in [0.717, 1.165) is 17.5 Å². The summed E-state index contributed by atoms with van der Waals surface area (Å²) in [7, 11) is 0. The van der Waals surface area contributed by atoms with E-state index in [0.29, 0.717) is 10.6 Å². The van der Waals surface area contributed by atoms with Crippen molar-refractivity contribution in [2.75, 3.05) is 0 Å². The molecule has 0 aliphatic rings. The molecule has 5 heteroatoms. The number of hydrogen-bond donors (Lipinski definition) is 2. The van der Waals surface area contributed by atoms with Crippen molar-refractivity contribution in [3.8, 4) is 0 Å². The largest absolute Gasteiger partial charge is 0.269 e. The average molecular weight is 329 g/mol. The van der Waals surface area contributed by atoms with Gasteiger partial charge in [0, 0.05) is 16.7 Å². The Morgan fingerprint density at radius 2 is 1.74 bits per heavy atom. The molecule has 0 aliphatic carbocycles. The maximum Gasteiger partial charge on any atom is 0.269 e. The summed E-state index contributed by atoms with van der Waals surface area (Å²) in [6.45, 7) is 2.04. The van der Waals surface area contributed by atoms with Crippen molar-refractivity contribution in [3.63, 3.8) is 0 Å². The predicted molar refractivity (Wildman–Crippen MR) is 91.9 cm³/mol. The molecule has 0 aliphatic heterocycles. The normalized spacial score (nSPS) is 10.5. The summed E-state index contributed by atoms with van der Waals surface area (Å²) in [6.07, 6.45) is 3.80. The zero-order valence-electron chi connectivity index (χ0n) is 12.7. The number of rotatable bonds is 4. The average Bonchev–Trinajstić information content (AvgIpc) is 2.59. The first-order valence-electron chi connectivity index (χ1n) is 7.22. The number of carbonyl (C=O) groups is 2. The lowest BCUT2D eigenvalue weighted by Gasteiger charge is -2.06. The van der Waals surface area contributed by atoms with Crippen LogP contribution < -0.4 is 10.9 Å². The van der Waals surface area contributed by atoms with Crippen LogP contribution in [0.4, 0.5) is 0 Å². The van der Waals surface area contributed by atoms with Gasteiger partial charge in [0.1, 0.15) is 0 Å². The van der Waals surface area contributed by atoms with Gasteiger partial charge in [0.05, 0.1) is 0 Å². The number of carbonyl (C=O) groups excluding carboxylic acids is 2. The van der Waals surface area contributed by atoms with Crippen LogP contribution in [0.1, 0.15) is 28.4 Å². The summed E-state index contributed by atoms with van der Waals surface area (Å²) in [5.41, 5.74) is 7.05. The molecule has 23 heavy (non-hydrogen) atoms. The van der Waals surface area contributed by atoms with Gasteiger partial charge in [-0.3, -0.25) is 20.4 Å². The zero-order chi connectivity index (χ0) is 16.7. The Balaban J connectivity index is 1.88. The number of amides is 2. The fraction of sp³-hybridized carbons (Fsp3) is 0.111. The van der Waals surface area contributed by atoms with Gasteiger partial charge in [0.2, 0.25) is 0 Å². The molecule has 0 atom stereocenters. The lowest BCUT2D eigenvalue weighted by molar-refractivity contribution is -0.117. The summed E-state index contributed by atoms with van der Waals surface area (Å²) in [4.78, 5) is 23.6. The molecule has 0 saturated heterocycles. The fourth-order valence-corrected chi connectivity index (χ4v) is 2.10. The molecular weight excluding hydrogens is 312 g/mol. The van der Waals surface area contributed by atoms with Crippen molar-refractivity contribution < 1.29 is 9.59 Å². The number of aryl methyl sites for hydroxylation is 1. The smallest absolute Gasteiger partial charge is 0.268 e. The van der Waals surface area contributed by atoms with E-state index in [-0.39, 0.29) is 5.91 Å². The van der Waals surface area contributed by atoms with Gasteiger partial charge < -0.3 is 0 Å². The molecule has 118 valence electrons. The third-order valence-electron chi connectivity index (χ3n) is 3.24. The summed E-state index contributed by atoms with van der Waals surface area (Å²) in [6, 6.07) is 14.4. The van der Waals surface area contributed by atoms with Crippen LogP contribution in [0.2, 0.25) is 5.02 Å². The van der Waals surface area contributed by atoms with E-state index >= 15 is 0 Å². The van der Waals surface area contributed by atoms with Crippen LogP contribution in [0.25, 0.3) is 6.08 Å². The molecule has 0 aromatic heterocycles. The monoisotopic (exact) mass is 328 g/mol. The van der Waals surface area contributed by atoms with Crippen molar-refractivity contribution >= 4 is 29.5 Å². The third kappa shape index (κ3) is 4.97. The Labute approximate surface area is 140 Å². The highest BCUT2D eigenvalue weighted by atomic mass is 35.5. The van der Waals surface area contributed by atoms with E-state index in [1.54, 1.807) is 30.3 Å². The predicted octanol–water partition coefficient (Wildman–Crippen LogP) is 3.38. The van der Waals surface area contributed by atoms with Crippen LogP contribution in [0.15, 0.2) is 54.6 Å². The standard InChI is InChI=1S/C18H17ClN2O2/c1-2-13-7-9-15(10-8-13)18(23)21-20-17(22)12-11-14-5-3-4-6-16(14)19/h3-12H,2H2,1H3,(H,20,22)(H,21,23)/b12-11+. The molecule has 2 aromatic rings. The number of benzene rings is 2. The minimum Gasteiger partial charge on any atom is -0.268 e. The van der Waals surface area contributed by atoms with Crippen LogP contribution in [0, 0.1) is 0 Å². The first-order valence-corrected chi connectivity index (χ1v) is 7.60. The fourth-order valence-electron chi connectivity index (χ4n) is 1.90. The lowest BCUT2D eigenvalue weighted by atomic mass is 10.1. The molecule has 2 aromatic carbocycles. The highest BCUT2D eigenvalue weighted by molar-refractivity contribution is 6.32. The molecule has 2 N–H and O–H groups in total. The van der Waals surface area contributed by atoms with E-state index in [1.165, 1.54) is 6.08 Å². The van der Waals surface area contributed by atoms with Gasteiger partial charge in [-0.25, -0.2) is 0 Å². The lowest BCUT2D eigenvalue weighted by Crippen LogP contribution is -2.40. The molecular formula is C18H17ClN2O2. The van der Waals surface area contributed by atoms with Crippen LogP contribution in [0.5, 0.6) is 0 Å². The maximum atomic E-state index is 11.9. The molecule has 0 spiro atoms. The number of hydrazine groups is 1. The van der Waals surface area contributed by atoms with Gasteiger partial charge in [0.25, 0.3) is 11.8 Å². The summed E-state index contributed by atoms with van der Waals surface area (Å²) in [5.74, 6) is -0.810. The molecule has 4 nitrogen and oxygen atoms in total. The van der Waals surface area contributed by atoms with Crippen molar-refractivity contribution in [2.45, 2.75) is 13.3 Å². The van der Waals surface area contributed by atoms with Crippen molar-refractivity contribution in [3.05, 3.63) is 76.3 Å². The van der Waals surface area contributed by atoms with Gasteiger partial charge in [-0.2, -0.15) is 0 Å². The minimum absolute atomic E-state index is 0.368. The first-order chi connectivity index (χ1) is 11.1. The van der Waals surface area contributed by atoms with Crippen LogP contribution >= 0.6 is 11.6 Å². The summed E-state index contributed by atoms with van der Waals surface area (Å²) < 4.78 is 0. The van der Waals surface area contributed by atoms with E-state index in [4.69, 9.17) is 11.6 Å². The van der Waals surface area contributed by atoms with Crippen LogP contribution in [0.3, 0.4) is 0 Å². The van der Waals surface area contributed by atoms with Crippen molar-refractivity contribution in [2.24, 2.45) is 0 Å². The van der Waals surface area contributed by atoms with Gasteiger partial charge >= 0.3 is 0 Å². The summed E-state index contributed by atoms with van der Waals surface area (Å²) in [5, 5.41) is 0.552. The molecule has 2 rings (SSSR count). The van der Waals surface area contributed by atoms with E-state index in [9.17, 15) is 9.59 Å². The number of nitrogens with one attached hydrogen (secondary N) is 2. The molecule has 0 bridgehead atoms. The summed E-state index contributed by atoms with van der Waals surface area (Å²) >= 11 is 5.99. The molecule has 0 saturated carbocycles. The molecule has 0 heterocycles. The van der Waals surface area contributed by atoms with E-state index < -0.39 is 5.91 Å². The number of hydrogen-bond acceptors (Lipinski definition) is 2. The molecule has 0 radical (unpaired) electrons. The van der Waals surface area contributed by atoms with Gasteiger partial charge in [-0.1, -0.05) is 48.9 Å². The second-order valence-electron chi connectivity index (χ2n) is 4.85. The quantitative estimate of drug-likeness (QED) is 0.667. The van der Waals surface area contributed by atoms with E-state index in [1.807, 2.05) is 31.2 Å². The van der Waals surface area contributed by atoms with Gasteiger partial charge in [-0.05, 0) is 41.8 Å². The van der Waals surface area contributed by atoms with Crippen LogP contribution in [-0.4, -0.2) is 11.8 Å². The Bertz CT molecular complexity index is 724. The number of halogens is 1. The molecule has 0 unspecified atom stereocenters. The third-order valence-corrected chi connectivity index (χ3v) is 3.59. The Kier molecular flexibility index (Phi) is 5.94.